The molecule has 1 fully saturated rings. The Balaban J connectivity index is 1.71. The Morgan fingerprint density at radius 3 is 2.63 bits per heavy atom. The van der Waals surface area contributed by atoms with Crippen LogP contribution in [-0.4, -0.2) is 12.6 Å². The largest absolute Gasteiger partial charge is 0.313 e. The molecular weight excluding hydrogens is 250 g/mol. The van der Waals surface area contributed by atoms with Crippen molar-refractivity contribution in [2.75, 3.05) is 6.54 Å². The van der Waals surface area contributed by atoms with Gasteiger partial charge in [-0.1, -0.05) is 35.9 Å². The first-order chi connectivity index (χ1) is 9.31. The summed E-state index contributed by atoms with van der Waals surface area (Å²) in [5, 5.41) is 5.86. The van der Waals surface area contributed by atoms with Gasteiger partial charge in [0, 0.05) is 23.4 Å². The molecule has 0 radical (unpaired) electrons. The van der Waals surface area contributed by atoms with E-state index in [1.54, 1.807) is 0 Å². The second kappa shape index (κ2) is 5.89. The summed E-state index contributed by atoms with van der Waals surface area (Å²) in [6.07, 6.45) is 3.87. The van der Waals surface area contributed by atoms with E-state index < -0.39 is 0 Å². The average molecular weight is 271 g/mol. The summed E-state index contributed by atoms with van der Waals surface area (Å²) >= 11 is 1.87. The van der Waals surface area contributed by atoms with Crippen LogP contribution in [0.4, 0.5) is 0 Å². The Hall–Kier alpha value is -1.12. The number of aryl methyl sites for hydroxylation is 1. The van der Waals surface area contributed by atoms with Crippen LogP contribution in [0.1, 0.15) is 34.8 Å². The van der Waals surface area contributed by atoms with Gasteiger partial charge >= 0.3 is 0 Å². The van der Waals surface area contributed by atoms with Crippen molar-refractivity contribution >= 4 is 11.3 Å². The third-order valence-electron chi connectivity index (χ3n) is 3.81. The monoisotopic (exact) mass is 271 g/mol. The van der Waals surface area contributed by atoms with Crippen molar-refractivity contribution in [3.05, 3.63) is 57.8 Å². The predicted molar refractivity (Wildman–Crippen MR) is 83.0 cm³/mol. The van der Waals surface area contributed by atoms with E-state index in [1.165, 1.54) is 28.8 Å². The lowest BCUT2D eigenvalue weighted by Gasteiger charge is -2.18. The zero-order valence-corrected chi connectivity index (χ0v) is 12.2. The van der Waals surface area contributed by atoms with E-state index in [0.717, 1.165) is 19.0 Å². The van der Waals surface area contributed by atoms with Crippen LogP contribution in [0.3, 0.4) is 0 Å². The smallest absolute Gasteiger partial charge is 0.00684 e. The van der Waals surface area contributed by atoms with Gasteiger partial charge in [0.05, 0.1) is 0 Å². The summed E-state index contributed by atoms with van der Waals surface area (Å²) < 4.78 is 0. The summed E-state index contributed by atoms with van der Waals surface area (Å²) in [5.74, 6) is 0.597. The Morgan fingerprint density at radius 1 is 1.21 bits per heavy atom. The maximum atomic E-state index is 3.69. The summed E-state index contributed by atoms with van der Waals surface area (Å²) in [6, 6.07) is 14.2. The Kier molecular flexibility index (Phi) is 4.00. The highest BCUT2D eigenvalue weighted by molar-refractivity contribution is 7.09. The molecule has 1 N–H and O–H groups in total. The van der Waals surface area contributed by atoms with E-state index in [-0.39, 0.29) is 0 Å². The molecule has 2 aromatic rings. The maximum Gasteiger partial charge on any atom is 0.00684 e. The highest BCUT2D eigenvalue weighted by Crippen LogP contribution is 2.25. The standard InChI is InChI=1S/C17H21NS/c1-13-4-6-14(7-5-13)15(12-18-16-8-9-16)11-17-3-2-10-19-17/h2-7,10,15-16,18H,8-9,11-12H2,1H3. The fourth-order valence-corrected chi connectivity index (χ4v) is 3.20. The normalized spacial score (nSPS) is 16.5. The zero-order chi connectivity index (χ0) is 13.1. The van der Waals surface area contributed by atoms with Gasteiger partial charge in [0.15, 0.2) is 0 Å². The van der Waals surface area contributed by atoms with Crippen molar-refractivity contribution in [2.24, 2.45) is 0 Å². The molecule has 0 spiro atoms. The molecule has 0 saturated heterocycles. The summed E-state index contributed by atoms with van der Waals surface area (Å²) in [4.78, 5) is 1.49. The predicted octanol–water partition coefficient (Wildman–Crippen LogP) is 4.13. The van der Waals surface area contributed by atoms with E-state index in [2.05, 4.69) is 54.0 Å². The minimum atomic E-state index is 0.597. The average Bonchev–Trinajstić information content (AvgIpc) is 3.11. The Bertz CT molecular complexity index is 497. The van der Waals surface area contributed by atoms with Gasteiger partial charge in [0.1, 0.15) is 0 Å². The Labute approximate surface area is 119 Å². The molecule has 1 aromatic heterocycles. The highest BCUT2D eigenvalue weighted by Gasteiger charge is 2.22. The molecule has 1 saturated carbocycles. The number of nitrogens with one attached hydrogen (secondary N) is 1. The number of benzene rings is 1. The lowest BCUT2D eigenvalue weighted by atomic mass is 9.94. The van der Waals surface area contributed by atoms with Crippen LogP contribution in [0.5, 0.6) is 0 Å². The van der Waals surface area contributed by atoms with Crippen LogP contribution in [-0.2, 0) is 6.42 Å². The van der Waals surface area contributed by atoms with E-state index in [9.17, 15) is 0 Å². The number of thiophene rings is 1. The molecule has 2 heteroatoms. The minimum Gasteiger partial charge on any atom is -0.313 e. The lowest BCUT2D eigenvalue weighted by Crippen LogP contribution is -2.24. The first kappa shape index (κ1) is 12.9. The van der Waals surface area contributed by atoms with Gasteiger partial charge in [0.2, 0.25) is 0 Å². The highest BCUT2D eigenvalue weighted by atomic mass is 32.1. The molecule has 3 rings (SSSR count). The van der Waals surface area contributed by atoms with Gasteiger partial charge in [-0.2, -0.15) is 0 Å². The molecule has 0 aliphatic heterocycles. The summed E-state index contributed by atoms with van der Waals surface area (Å²) in [5.41, 5.74) is 2.81. The lowest BCUT2D eigenvalue weighted by molar-refractivity contribution is 0.580. The number of hydrogen-bond donors (Lipinski definition) is 1. The fraction of sp³-hybridized carbons (Fsp3) is 0.412. The molecule has 1 atom stereocenters. The topological polar surface area (TPSA) is 12.0 Å². The SMILES string of the molecule is Cc1ccc(C(CNC2CC2)Cc2cccs2)cc1. The molecule has 1 nitrogen and oxygen atoms in total. The first-order valence-corrected chi connectivity index (χ1v) is 8.01. The van der Waals surface area contributed by atoms with Crippen molar-refractivity contribution in [3.8, 4) is 0 Å². The van der Waals surface area contributed by atoms with Crippen LogP contribution in [0.25, 0.3) is 0 Å². The molecule has 1 heterocycles. The van der Waals surface area contributed by atoms with Crippen molar-refractivity contribution < 1.29 is 0 Å². The molecule has 1 aliphatic rings. The zero-order valence-electron chi connectivity index (χ0n) is 11.4. The molecule has 100 valence electrons. The Morgan fingerprint density at radius 2 is 2.00 bits per heavy atom. The van der Waals surface area contributed by atoms with Crippen molar-refractivity contribution in [1.29, 1.82) is 0 Å². The van der Waals surface area contributed by atoms with Gasteiger partial charge in [-0.3, -0.25) is 0 Å². The number of rotatable bonds is 6. The van der Waals surface area contributed by atoms with Crippen LogP contribution in [0.2, 0.25) is 0 Å². The van der Waals surface area contributed by atoms with Crippen molar-refractivity contribution in [3.63, 3.8) is 0 Å². The second-order valence-electron chi connectivity index (χ2n) is 5.57. The van der Waals surface area contributed by atoms with Gasteiger partial charge < -0.3 is 5.32 Å². The van der Waals surface area contributed by atoms with Crippen LogP contribution >= 0.6 is 11.3 Å². The fourth-order valence-electron chi connectivity index (χ4n) is 2.41. The third kappa shape index (κ3) is 3.68. The third-order valence-corrected chi connectivity index (χ3v) is 4.71. The van der Waals surface area contributed by atoms with E-state index in [4.69, 9.17) is 0 Å². The van der Waals surface area contributed by atoms with Gasteiger partial charge in [-0.15, -0.1) is 11.3 Å². The maximum absolute atomic E-state index is 3.69. The molecular formula is C17H21NS. The van der Waals surface area contributed by atoms with Crippen LogP contribution in [0, 0.1) is 6.92 Å². The van der Waals surface area contributed by atoms with Crippen LogP contribution < -0.4 is 5.32 Å². The quantitative estimate of drug-likeness (QED) is 0.833. The van der Waals surface area contributed by atoms with Gasteiger partial charge in [-0.25, -0.2) is 0 Å². The summed E-state index contributed by atoms with van der Waals surface area (Å²) in [6.45, 7) is 3.26. The van der Waals surface area contributed by atoms with Crippen molar-refractivity contribution in [2.45, 2.75) is 38.1 Å². The van der Waals surface area contributed by atoms with Crippen molar-refractivity contribution in [1.82, 2.24) is 5.32 Å². The van der Waals surface area contributed by atoms with Gasteiger partial charge in [-0.05, 0) is 43.2 Å². The summed E-state index contributed by atoms with van der Waals surface area (Å²) in [7, 11) is 0. The molecule has 1 unspecified atom stereocenters. The molecule has 0 amide bonds. The molecule has 0 bridgehead atoms. The number of hydrogen-bond acceptors (Lipinski definition) is 2. The first-order valence-electron chi connectivity index (χ1n) is 7.13. The van der Waals surface area contributed by atoms with Gasteiger partial charge in [0.25, 0.3) is 0 Å². The van der Waals surface area contributed by atoms with E-state index >= 15 is 0 Å². The second-order valence-corrected chi connectivity index (χ2v) is 6.61. The molecule has 1 aromatic carbocycles. The van der Waals surface area contributed by atoms with Crippen LogP contribution in [0.15, 0.2) is 41.8 Å². The van der Waals surface area contributed by atoms with E-state index in [0.29, 0.717) is 5.92 Å². The minimum absolute atomic E-state index is 0.597. The molecule has 1 aliphatic carbocycles. The molecule has 19 heavy (non-hydrogen) atoms. The van der Waals surface area contributed by atoms with E-state index in [1.807, 2.05) is 11.3 Å².